The Kier molecular flexibility index (Phi) is 4.96. The van der Waals surface area contributed by atoms with Crippen molar-refractivity contribution in [2.45, 2.75) is 19.6 Å². The van der Waals surface area contributed by atoms with E-state index in [2.05, 4.69) is 20.9 Å². The third-order valence-corrected chi connectivity index (χ3v) is 4.46. The number of carbonyl (C=O) groups is 1. The van der Waals surface area contributed by atoms with E-state index in [-0.39, 0.29) is 12.2 Å². The van der Waals surface area contributed by atoms with Gasteiger partial charge in [-0.2, -0.15) is 0 Å². The van der Waals surface area contributed by atoms with Crippen molar-refractivity contribution in [3.63, 3.8) is 0 Å². The maximum Gasteiger partial charge on any atom is 0.347 e. The van der Waals surface area contributed by atoms with Gasteiger partial charge in [0.1, 0.15) is 12.4 Å². The van der Waals surface area contributed by atoms with E-state index in [1.807, 2.05) is 12.1 Å². The van der Waals surface area contributed by atoms with Gasteiger partial charge in [-0.05, 0) is 31.2 Å². The zero-order valence-corrected chi connectivity index (χ0v) is 15.0. The molecule has 0 aliphatic heterocycles. The van der Waals surface area contributed by atoms with E-state index in [1.54, 1.807) is 30.6 Å². The van der Waals surface area contributed by atoms with Crippen LogP contribution in [0.5, 0.6) is 5.75 Å². The summed E-state index contributed by atoms with van der Waals surface area (Å²) in [7, 11) is 0. The summed E-state index contributed by atoms with van der Waals surface area (Å²) in [5.74, 6) is 0.0464. The summed E-state index contributed by atoms with van der Waals surface area (Å²) in [4.78, 5) is 28.7. The largest absolute Gasteiger partial charge is 0.479 e. The maximum absolute atomic E-state index is 12.0. The van der Waals surface area contributed by atoms with Crippen LogP contribution in [0.25, 0.3) is 4.96 Å². The van der Waals surface area contributed by atoms with Crippen molar-refractivity contribution in [1.29, 1.82) is 0 Å². The molecule has 0 radical (unpaired) electrons. The quantitative estimate of drug-likeness (QED) is 0.606. The molecule has 2 heterocycles. The van der Waals surface area contributed by atoms with Gasteiger partial charge in [-0.1, -0.05) is 15.9 Å². The third-order valence-electron chi connectivity index (χ3n) is 3.18. The fourth-order valence-corrected chi connectivity index (χ4v) is 2.99. The van der Waals surface area contributed by atoms with Crippen molar-refractivity contribution in [3.05, 3.63) is 62.4 Å². The Labute approximate surface area is 149 Å². The fraction of sp³-hybridized carbons (Fsp3) is 0.188. The minimum absolute atomic E-state index is 0.0729. The molecule has 3 rings (SSSR count). The Morgan fingerprint density at radius 3 is 2.88 bits per heavy atom. The minimum Gasteiger partial charge on any atom is -0.479 e. The number of aromatic nitrogens is 2. The first-order valence-corrected chi connectivity index (χ1v) is 8.75. The SMILES string of the molecule is C[C@H](Oc1ccc(Br)cc1)C(=O)OCc1cc(=O)n2ccsc2n1. The number of halogens is 1. The van der Waals surface area contributed by atoms with Crippen LogP contribution in [-0.2, 0) is 16.1 Å². The van der Waals surface area contributed by atoms with Crippen LogP contribution in [0.4, 0.5) is 0 Å². The number of carbonyl (C=O) groups excluding carboxylic acids is 1. The molecule has 3 aromatic rings. The lowest BCUT2D eigenvalue weighted by Gasteiger charge is -2.13. The summed E-state index contributed by atoms with van der Waals surface area (Å²) in [5.41, 5.74) is 0.207. The lowest BCUT2D eigenvalue weighted by atomic mass is 10.3. The van der Waals surface area contributed by atoms with E-state index in [4.69, 9.17) is 9.47 Å². The molecular formula is C16H13BrN2O4S. The molecule has 0 fully saturated rings. The van der Waals surface area contributed by atoms with Crippen LogP contribution in [0.2, 0.25) is 0 Å². The Bertz CT molecular complexity index is 920. The van der Waals surface area contributed by atoms with Crippen molar-refractivity contribution < 1.29 is 14.3 Å². The number of nitrogens with zero attached hydrogens (tertiary/aromatic N) is 2. The van der Waals surface area contributed by atoms with Crippen LogP contribution in [0.3, 0.4) is 0 Å². The summed E-state index contributed by atoms with van der Waals surface area (Å²) in [6, 6.07) is 8.50. The maximum atomic E-state index is 12.0. The van der Waals surface area contributed by atoms with Crippen molar-refractivity contribution >= 4 is 38.2 Å². The molecule has 124 valence electrons. The molecule has 1 atom stereocenters. The van der Waals surface area contributed by atoms with Crippen LogP contribution in [0.15, 0.2) is 51.2 Å². The van der Waals surface area contributed by atoms with Gasteiger partial charge < -0.3 is 9.47 Å². The molecular weight excluding hydrogens is 396 g/mol. The number of fused-ring (bicyclic) bond motifs is 1. The van der Waals surface area contributed by atoms with Gasteiger partial charge in [0.05, 0.1) is 5.69 Å². The van der Waals surface area contributed by atoms with E-state index >= 15 is 0 Å². The van der Waals surface area contributed by atoms with E-state index in [1.165, 1.54) is 21.8 Å². The standard InChI is InChI=1S/C16H13BrN2O4S/c1-10(23-13-4-2-11(17)3-5-13)15(21)22-9-12-8-14(20)19-6-7-24-16(19)18-12/h2-8,10H,9H2,1H3/t10-/m0/s1. The van der Waals surface area contributed by atoms with Crippen LogP contribution in [-0.4, -0.2) is 21.5 Å². The summed E-state index contributed by atoms with van der Waals surface area (Å²) in [6.07, 6.45) is 0.886. The van der Waals surface area contributed by atoms with Crippen LogP contribution in [0, 0.1) is 0 Å². The van der Waals surface area contributed by atoms with Crippen molar-refractivity contribution in [3.8, 4) is 5.75 Å². The molecule has 2 aromatic heterocycles. The minimum atomic E-state index is -0.766. The normalized spacial score (nSPS) is 12.1. The first kappa shape index (κ1) is 16.7. The van der Waals surface area contributed by atoms with Gasteiger partial charge in [0.2, 0.25) is 0 Å². The van der Waals surface area contributed by atoms with Crippen molar-refractivity contribution in [2.24, 2.45) is 0 Å². The van der Waals surface area contributed by atoms with Gasteiger partial charge in [0.15, 0.2) is 11.1 Å². The van der Waals surface area contributed by atoms with Crippen LogP contribution >= 0.6 is 27.3 Å². The van der Waals surface area contributed by atoms with E-state index in [0.717, 1.165) is 4.47 Å². The third kappa shape index (κ3) is 3.82. The molecule has 0 aliphatic carbocycles. The monoisotopic (exact) mass is 408 g/mol. The van der Waals surface area contributed by atoms with E-state index in [9.17, 15) is 9.59 Å². The predicted molar refractivity (Wildman–Crippen MR) is 93.4 cm³/mol. The molecule has 0 saturated carbocycles. The number of benzene rings is 1. The smallest absolute Gasteiger partial charge is 0.347 e. The van der Waals surface area contributed by atoms with Gasteiger partial charge in [-0.15, -0.1) is 11.3 Å². The predicted octanol–water partition coefficient (Wildman–Crippen LogP) is 3.03. The Hall–Kier alpha value is -2.19. The van der Waals surface area contributed by atoms with E-state index < -0.39 is 12.1 Å². The zero-order chi connectivity index (χ0) is 17.1. The number of hydrogen-bond donors (Lipinski definition) is 0. The highest BCUT2D eigenvalue weighted by Gasteiger charge is 2.17. The molecule has 24 heavy (non-hydrogen) atoms. The Balaban J connectivity index is 1.61. The number of rotatable bonds is 5. The molecule has 0 amide bonds. The fourth-order valence-electron chi connectivity index (χ4n) is 1.99. The summed E-state index contributed by atoms with van der Waals surface area (Å²) < 4.78 is 13.1. The Morgan fingerprint density at radius 2 is 2.12 bits per heavy atom. The lowest BCUT2D eigenvalue weighted by Crippen LogP contribution is -2.26. The Morgan fingerprint density at radius 1 is 1.38 bits per heavy atom. The molecule has 0 bridgehead atoms. The summed E-state index contributed by atoms with van der Waals surface area (Å²) in [5, 5.41) is 1.77. The lowest BCUT2D eigenvalue weighted by molar-refractivity contribution is -0.152. The zero-order valence-electron chi connectivity index (χ0n) is 12.6. The van der Waals surface area contributed by atoms with Crippen LogP contribution in [0.1, 0.15) is 12.6 Å². The molecule has 6 nitrogen and oxygen atoms in total. The second-order valence-electron chi connectivity index (χ2n) is 4.96. The number of hydrogen-bond acceptors (Lipinski definition) is 6. The highest BCUT2D eigenvalue weighted by atomic mass is 79.9. The van der Waals surface area contributed by atoms with E-state index in [0.29, 0.717) is 16.4 Å². The number of ether oxygens (including phenoxy) is 2. The number of esters is 1. The molecule has 0 aliphatic rings. The molecule has 8 heteroatoms. The molecule has 0 N–H and O–H groups in total. The summed E-state index contributed by atoms with van der Waals surface area (Å²) >= 11 is 4.67. The van der Waals surface area contributed by atoms with Gasteiger partial charge in [0.25, 0.3) is 5.56 Å². The average Bonchev–Trinajstić information content (AvgIpc) is 3.04. The first-order valence-electron chi connectivity index (χ1n) is 7.07. The van der Waals surface area contributed by atoms with Gasteiger partial charge >= 0.3 is 5.97 Å². The van der Waals surface area contributed by atoms with Crippen molar-refractivity contribution in [1.82, 2.24) is 9.38 Å². The van der Waals surface area contributed by atoms with Gasteiger partial charge in [-0.25, -0.2) is 9.78 Å². The number of thiazole rings is 1. The highest BCUT2D eigenvalue weighted by molar-refractivity contribution is 9.10. The molecule has 0 saturated heterocycles. The van der Waals surface area contributed by atoms with Crippen LogP contribution < -0.4 is 10.3 Å². The average molecular weight is 409 g/mol. The molecule has 0 unspecified atom stereocenters. The first-order chi connectivity index (χ1) is 11.5. The molecule has 0 spiro atoms. The second kappa shape index (κ2) is 7.14. The van der Waals surface area contributed by atoms with Gasteiger partial charge in [-0.3, -0.25) is 9.20 Å². The van der Waals surface area contributed by atoms with Gasteiger partial charge in [0, 0.05) is 22.1 Å². The second-order valence-corrected chi connectivity index (χ2v) is 6.75. The summed E-state index contributed by atoms with van der Waals surface area (Å²) in [6.45, 7) is 1.53. The molecule has 1 aromatic carbocycles. The highest BCUT2D eigenvalue weighted by Crippen LogP contribution is 2.17. The van der Waals surface area contributed by atoms with Crippen molar-refractivity contribution in [2.75, 3.05) is 0 Å². The topological polar surface area (TPSA) is 69.9 Å².